The van der Waals surface area contributed by atoms with Crippen molar-refractivity contribution in [3.05, 3.63) is 59.7 Å². The number of nitrogens with one attached hydrogen (secondary N) is 1. The predicted molar refractivity (Wildman–Crippen MR) is 102 cm³/mol. The minimum Gasteiger partial charge on any atom is -0.380 e. The second-order valence-corrected chi connectivity index (χ2v) is 6.50. The summed E-state index contributed by atoms with van der Waals surface area (Å²) in [5, 5.41) is 3.08. The molecule has 1 aliphatic rings. The Morgan fingerprint density at radius 2 is 1.68 bits per heavy atom. The molecule has 132 valence electrons. The van der Waals surface area contributed by atoms with Gasteiger partial charge in [0.05, 0.1) is 18.0 Å². The maximum Gasteiger partial charge on any atom is 0.255 e. The molecular formula is C21H26N2O2. The minimum absolute atomic E-state index is 0.0776. The zero-order valence-electron chi connectivity index (χ0n) is 14.8. The standard InChI is InChI=1S/C21H26N2O2/c1-25-16-17-10-12-18(13-11-17)21(24)22-19-8-4-5-9-20(19)23-14-6-2-3-7-15-23/h4-5,8-13H,2-3,6-7,14-16H2,1H3,(H,22,24). The van der Waals surface area contributed by atoms with Crippen molar-refractivity contribution >= 4 is 17.3 Å². The molecule has 0 aliphatic carbocycles. The molecule has 1 fully saturated rings. The van der Waals surface area contributed by atoms with Crippen molar-refractivity contribution in [1.29, 1.82) is 0 Å². The van der Waals surface area contributed by atoms with Gasteiger partial charge in [0.15, 0.2) is 0 Å². The zero-order valence-corrected chi connectivity index (χ0v) is 14.8. The number of anilines is 2. The molecule has 1 amide bonds. The molecule has 1 N–H and O–H groups in total. The summed E-state index contributed by atoms with van der Waals surface area (Å²) in [6.07, 6.45) is 5.00. The van der Waals surface area contributed by atoms with Gasteiger partial charge >= 0.3 is 0 Å². The van der Waals surface area contributed by atoms with E-state index in [1.54, 1.807) is 7.11 Å². The van der Waals surface area contributed by atoms with E-state index >= 15 is 0 Å². The first kappa shape index (κ1) is 17.5. The summed E-state index contributed by atoms with van der Waals surface area (Å²) in [6.45, 7) is 2.66. The Morgan fingerprint density at radius 1 is 1.00 bits per heavy atom. The number of methoxy groups -OCH3 is 1. The van der Waals surface area contributed by atoms with Gasteiger partial charge in [-0.2, -0.15) is 0 Å². The molecule has 1 heterocycles. The fraction of sp³-hybridized carbons (Fsp3) is 0.381. The second kappa shape index (κ2) is 8.67. The molecule has 0 saturated carbocycles. The largest absolute Gasteiger partial charge is 0.380 e. The van der Waals surface area contributed by atoms with Gasteiger partial charge in [-0.25, -0.2) is 0 Å². The quantitative estimate of drug-likeness (QED) is 0.875. The maximum absolute atomic E-state index is 12.6. The number of carbonyl (C=O) groups is 1. The van der Waals surface area contributed by atoms with Crippen LogP contribution >= 0.6 is 0 Å². The lowest BCUT2D eigenvalue weighted by atomic mass is 10.1. The third kappa shape index (κ3) is 4.60. The van der Waals surface area contributed by atoms with Crippen LogP contribution in [-0.4, -0.2) is 26.1 Å². The summed E-state index contributed by atoms with van der Waals surface area (Å²) in [7, 11) is 1.67. The van der Waals surface area contributed by atoms with Crippen molar-refractivity contribution in [2.45, 2.75) is 32.3 Å². The first-order valence-corrected chi connectivity index (χ1v) is 9.01. The molecule has 2 aromatic carbocycles. The summed E-state index contributed by atoms with van der Waals surface area (Å²) in [6, 6.07) is 15.6. The third-order valence-corrected chi connectivity index (χ3v) is 4.63. The summed E-state index contributed by atoms with van der Waals surface area (Å²) >= 11 is 0. The van der Waals surface area contributed by atoms with E-state index in [9.17, 15) is 4.79 Å². The van der Waals surface area contributed by atoms with Crippen LogP contribution in [0.2, 0.25) is 0 Å². The van der Waals surface area contributed by atoms with Crippen LogP contribution < -0.4 is 10.2 Å². The van der Waals surface area contributed by atoms with E-state index < -0.39 is 0 Å². The highest BCUT2D eigenvalue weighted by atomic mass is 16.5. The predicted octanol–water partition coefficient (Wildman–Crippen LogP) is 4.47. The molecule has 3 rings (SSSR count). The number of hydrogen-bond acceptors (Lipinski definition) is 3. The maximum atomic E-state index is 12.6. The lowest BCUT2D eigenvalue weighted by molar-refractivity contribution is 0.102. The monoisotopic (exact) mass is 338 g/mol. The van der Waals surface area contributed by atoms with Crippen molar-refractivity contribution < 1.29 is 9.53 Å². The number of benzene rings is 2. The summed E-state index contributed by atoms with van der Waals surface area (Å²) < 4.78 is 5.11. The molecule has 25 heavy (non-hydrogen) atoms. The minimum atomic E-state index is -0.0776. The Kier molecular flexibility index (Phi) is 6.07. The van der Waals surface area contributed by atoms with E-state index in [4.69, 9.17) is 4.74 Å². The van der Waals surface area contributed by atoms with E-state index in [0.717, 1.165) is 30.0 Å². The van der Waals surface area contributed by atoms with Gasteiger partial charge in [-0.1, -0.05) is 37.1 Å². The molecule has 1 saturated heterocycles. The van der Waals surface area contributed by atoms with Crippen molar-refractivity contribution in [3.8, 4) is 0 Å². The molecule has 0 radical (unpaired) electrons. The highest BCUT2D eigenvalue weighted by molar-refractivity contribution is 6.06. The lowest BCUT2D eigenvalue weighted by Crippen LogP contribution is -2.25. The van der Waals surface area contributed by atoms with Gasteiger partial charge in [-0.3, -0.25) is 4.79 Å². The van der Waals surface area contributed by atoms with E-state index in [1.807, 2.05) is 42.5 Å². The van der Waals surface area contributed by atoms with Gasteiger partial charge in [0.1, 0.15) is 0 Å². The molecule has 0 spiro atoms. The van der Waals surface area contributed by atoms with Gasteiger partial charge < -0.3 is 15.0 Å². The first-order valence-electron chi connectivity index (χ1n) is 9.01. The van der Waals surface area contributed by atoms with Crippen LogP contribution in [-0.2, 0) is 11.3 Å². The molecule has 2 aromatic rings. The fourth-order valence-corrected chi connectivity index (χ4v) is 3.28. The van der Waals surface area contributed by atoms with E-state index in [1.165, 1.54) is 25.7 Å². The van der Waals surface area contributed by atoms with Gasteiger partial charge in [-0.05, 0) is 42.7 Å². The Labute approximate surface area is 149 Å². The average Bonchev–Trinajstić information content (AvgIpc) is 2.92. The average molecular weight is 338 g/mol. The number of amides is 1. The number of ether oxygens (including phenoxy) is 1. The van der Waals surface area contributed by atoms with Crippen molar-refractivity contribution in [1.82, 2.24) is 0 Å². The molecule has 0 unspecified atom stereocenters. The van der Waals surface area contributed by atoms with E-state index in [-0.39, 0.29) is 5.91 Å². The summed E-state index contributed by atoms with van der Waals surface area (Å²) in [5.74, 6) is -0.0776. The van der Waals surface area contributed by atoms with Crippen LogP contribution in [0, 0.1) is 0 Å². The number of nitrogens with zero attached hydrogens (tertiary/aromatic N) is 1. The number of para-hydroxylation sites is 2. The van der Waals surface area contributed by atoms with E-state index in [2.05, 4.69) is 16.3 Å². The molecule has 0 bridgehead atoms. The normalized spacial score (nSPS) is 14.8. The highest BCUT2D eigenvalue weighted by Crippen LogP contribution is 2.28. The van der Waals surface area contributed by atoms with Gasteiger partial charge in [0.25, 0.3) is 5.91 Å². The fourth-order valence-electron chi connectivity index (χ4n) is 3.28. The summed E-state index contributed by atoms with van der Waals surface area (Å²) in [5.41, 5.74) is 3.72. The Hall–Kier alpha value is -2.33. The van der Waals surface area contributed by atoms with Crippen molar-refractivity contribution in [2.24, 2.45) is 0 Å². The van der Waals surface area contributed by atoms with Crippen molar-refractivity contribution in [2.75, 3.05) is 30.4 Å². The van der Waals surface area contributed by atoms with Crippen LogP contribution in [0.1, 0.15) is 41.6 Å². The SMILES string of the molecule is COCc1ccc(C(=O)Nc2ccccc2N2CCCCCC2)cc1. The molecule has 4 heteroatoms. The van der Waals surface area contributed by atoms with Crippen molar-refractivity contribution in [3.63, 3.8) is 0 Å². The van der Waals surface area contributed by atoms with Gasteiger partial charge in [0, 0.05) is 25.8 Å². The van der Waals surface area contributed by atoms with Crippen LogP contribution in [0.25, 0.3) is 0 Å². The molecule has 1 aliphatic heterocycles. The molecule has 0 atom stereocenters. The Bertz CT molecular complexity index is 689. The van der Waals surface area contributed by atoms with Crippen LogP contribution in [0.3, 0.4) is 0 Å². The van der Waals surface area contributed by atoms with Crippen LogP contribution in [0.5, 0.6) is 0 Å². The zero-order chi connectivity index (χ0) is 17.5. The number of hydrogen-bond donors (Lipinski definition) is 1. The smallest absolute Gasteiger partial charge is 0.255 e. The molecule has 0 aromatic heterocycles. The third-order valence-electron chi connectivity index (χ3n) is 4.63. The van der Waals surface area contributed by atoms with Crippen LogP contribution in [0.15, 0.2) is 48.5 Å². The number of rotatable bonds is 5. The lowest BCUT2D eigenvalue weighted by Gasteiger charge is -2.25. The highest BCUT2D eigenvalue weighted by Gasteiger charge is 2.15. The number of carbonyl (C=O) groups excluding carboxylic acids is 1. The summed E-state index contributed by atoms with van der Waals surface area (Å²) in [4.78, 5) is 15.0. The van der Waals surface area contributed by atoms with Gasteiger partial charge in [0.2, 0.25) is 0 Å². The van der Waals surface area contributed by atoms with E-state index in [0.29, 0.717) is 12.2 Å². The Morgan fingerprint density at radius 3 is 2.36 bits per heavy atom. The van der Waals surface area contributed by atoms with Gasteiger partial charge in [-0.15, -0.1) is 0 Å². The molecular weight excluding hydrogens is 312 g/mol. The topological polar surface area (TPSA) is 41.6 Å². The second-order valence-electron chi connectivity index (χ2n) is 6.50. The first-order chi connectivity index (χ1) is 12.3. The molecule has 4 nitrogen and oxygen atoms in total. The Balaban J connectivity index is 1.74. The van der Waals surface area contributed by atoms with Crippen LogP contribution in [0.4, 0.5) is 11.4 Å².